The molecule has 120 valence electrons. The van der Waals surface area contributed by atoms with Crippen LogP contribution in [-0.4, -0.2) is 52.9 Å². The SMILES string of the molecule is CCS(=O)(=O)N1CC[C@H]2[C@@H]1CCC(=O)N2Cc1ccncc1. The summed E-state index contributed by atoms with van der Waals surface area (Å²) in [4.78, 5) is 18.2. The summed E-state index contributed by atoms with van der Waals surface area (Å²) in [5.74, 6) is 0.239. The standard InChI is InChI=1S/C15H21N3O3S/c1-2-22(20,21)18-10-7-13-14(18)3-4-15(19)17(13)11-12-5-8-16-9-6-12/h5-6,8-9,13-14H,2-4,7,10-11H2,1H3/t13-,14-/m0/s1. The summed E-state index contributed by atoms with van der Waals surface area (Å²) in [6, 6.07) is 3.72. The number of nitrogens with zero attached hydrogens (tertiary/aromatic N) is 3. The number of sulfonamides is 1. The van der Waals surface area contributed by atoms with Gasteiger partial charge in [-0.2, -0.15) is 4.31 Å². The molecule has 0 saturated carbocycles. The van der Waals surface area contributed by atoms with E-state index >= 15 is 0 Å². The molecule has 3 rings (SSSR count). The number of hydrogen-bond donors (Lipinski definition) is 0. The zero-order chi connectivity index (χ0) is 15.7. The average Bonchev–Trinajstić information content (AvgIpc) is 2.96. The van der Waals surface area contributed by atoms with Gasteiger partial charge in [0.25, 0.3) is 0 Å². The molecule has 1 amide bonds. The fourth-order valence-electron chi connectivity index (χ4n) is 3.51. The van der Waals surface area contributed by atoms with E-state index in [1.807, 2.05) is 17.0 Å². The molecule has 1 aromatic rings. The maximum absolute atomic E-state index is 12.3. The molecule has 0 aliphatic carbocycles. The van der Waals surface area contributed by atoms with Crippen LogP contribution in [0, 0.1) is 0 Å². The summed E-state index contributed by atoms with van der Waals surface area (Å²) in [5.41, 5.74) is 1.03. The molecule has 0 aromatic carbocycles. The van der Waals surface area contributed by atoms with E-state index in [4.69, 9.17) is 0 Å². The van der Waals surface area contributed by atoms with E-state index < -0.39 is 10.0 Å². The number of likely N-dealkylation sites (tertiary alicyclic amines) is 1. The molecule has 0 N–H and O–H groups in total. The number of aromatic nitrogens is 1. The van der Waals surface area contributed by atoms with Crippen molar-refractivity contribution < 1.29 is 13.2 Å². The lowest BCUT2D eigenvalue weighted by Crippen LogP contribution is -2.52. The van der Waals surface area contributed by atoms with E-state index in [2.05, 4.69) is 4.98 Å². The molecule has 2 aliphatic rings. The van der Waals surface area contributed by atoms with E-state index in [-0.39, 0.29) is 23.7 Å². The molecule has 0 unspecified atom stereocenters. The Labute approximate surface area is 131 Å². The first-order valence-electron chi connectivity index (χ1n) is 7.71. The van der Waals surface area contributed by atoms with Crippen LogP contribution in [0.25, 0.3) is 0 Å². The third-order valence-electron chi connectivity index (χ3n) is 4.66. The molecule has 2 aliphatic heterocycles. The van der Waals surface area contributed by atoms with Gasteiger partial charge in [0.1, 0.15) is 0 Å². The lowest BCUT2D eigenvalue weighted by molar-refractivity contribution is -0.138. The Bertz CT molecular complexity index is 647. The second-order valence-electron chi connectivity index (χ2n) is 5.85. The van der Waals surface area contributed by atoms with Gasteiger partial charge in [-0.05, 0) is 37.5 Å². The van der Waals surface area contributed by atoms with Gasteiger partial charge in [0.15, 0.2) is 0 Å². The molecule has 22 heavy (non-hydrogen) atoms. The van der Waals surface area contributed by atoms with Crippen molar-refractivity contribution in [3.63, 3.8) is 0 Å². The zero-order valence-corrected chi connectivity index (χ0v) is 13.5. The van der Waals surface area contributed by atoms with Crippen LogP contribution >= 0.6 is 0 Å². The van der Waals surface area contributed by atoms with Crippen molar-refractivity contribution in [3.05, 3.63) is 30.1 Å². The first-order valence-corrected chi connectivity index (χ1v) is 9.31. The Hall–Kier alpha value is -1.47. The van der Waals surface area contributed by atoms with Gasteiger partial charge < -0.3 is 4.90 Å². The van der Waals surface area contributed by atoms with E-state index in [1.54, 1.807) is 23.6 Å². The van der Waals surface area contributed by atoms with Crippen LogP contribution in [0.1, 0.15) is 31.7 Å². The van der Waals surface area contributed by atoms with Crippen molar-refractivity contribution in [2.45, 2.75) is 44.8 Å². The molecule has 6 nitrogen and oxygen atoms in total. The molecule has 1 aromatic heterocycles. The highest BCUT2D eigenvalue weighted by atomic mass is 32.2. The number of piperidine rings is 1. The van der Waals surface area contributed by atoms with Gasteiger partial charge in [-0.1, -0.05) is 0 Å². The summed E-state index contributed by atoms with van der Waals surface area (Å²) in [7, 11) is -3.20. The number of pyridine rings is 1. The Morgan fingerprint density at radius 3 is 2.64 bits per heavy atom. The minimum Gasteiger partial charge on any atom is -0.334 e. The zero-order valence-electron chi connectivity index (χ0n) is 12.7. The van der Waals surface area contributed by atoms with Crippen LogP contribution in [0.15, 0.2) is 24.5 Å². The number of carbonyl (C=O) groups is 1. The molecule has 0 spiro atoms. The van der Waals surface area contributed by atoms with Crippen molar-refractivity contribution in [3.8, 4) is 0 Å². The molecule has 2 atom stereocenters. The van der Waals surface area contributed by atoms with Gasteiger partial charge in [-0.3, -0.25) is 9.78 Å². The third kappa shape index (κ3) is 2.75. The molecular weight excluding hydrogens is 302 g/mol. The highest BCUT2D eigenvalue weighted by Gasteiger charge is 2.46. The fraction of sp³-hybridized carbons (Fsp3) is 0.600. The summed E-state index contributed by atoms with van der Waals surface area (Å²) in [6.07, 6.45) is 5.20. The van der Waals surface area contributed by atoms with E-state index in [1.165, 1.54) is 0 Å². The van der Waals surface area contributed by atoms with E-state index in [0.29, 0.717) is 25.9 Å². The fourth-order valence-corrected chi connectivity index (χ4v) is 4.88. The third-order valence-corrected chi connectivity index (χ3v) is 6.56. The number of hydrogen-bond acceptors (Lipinski definition) is 4. The van der Waals surface area contributed by atoms with Crippen molar-refractivity contribution in [1.82, 2.24) is 14.2 Å². The summed E-state index contributed by atoms with van der Waals surface area (Å²) >= 11 is 0. The van der Waals surface area contributed by atoms with Gasteiger partial charge in [0.05, 0.1) is 5.75 Å². The quantitative estimate of drug-likeness (QED) is 0.829. The molecule has 3 heterocycles. The molecular formula is C15H21N3O3S. The normalized spacial score (nSPS) is 26.2. The van der Waals surface area contributed by atoms with Crippen LogP contribution in [0.5, 0.6) is 0 Å². The lowest BCUT2D eigenvalue weighted by Gasteiger charge is -2.39. The predicted molar refractivity (Wildman–Crippen MR) is 82.4 cm³/mol. The monoisotopic (exact) mass is 323 g/mol. The molecule has 2 saturated heterocycles. The van der Waals surface area contributed by atoms with Gasteiger partial charge in [0, 0.05) is 44.0 Å². The smallest absolute Gasteiger partial charge is 0.223 e. The maximum atomic E-state index is 12.3. The Morgan fingerprint density at radius 2 is 1.95 bits per heavy atom. The molecule has 7 heteroatoms. The molecule has 2 fully saturated rings. The number of amides is 1. The summed E-state index contributed by atoms with van der Waals surface area (Å²) in [6.45, 7) is 2.72. The molecule has 0 bridgehead atoms. The highest BCUT2D eigenvalue weighted by molar-refractivity contribution is 7.89. The van der Waals surface area contributed by atoms with Gasteiger partial charge >= 0.3 is 0 Å². The van der Waals surface area contributed by atoms with Crippen LogP contribution in [-0.2, 0) is 21.4 Å². The number of rotatable bonds is 4. The van der Waals surface area contributed by atoms with Crippen molar-refractivity contribution >= 4 is 15.9 Å². The Kier molecular flexibility index (Phi) is 4.18. The number of fused-ring (bicyclic) bond motifs is 1. The Morgan fingerprint density at radius 1 is 1.23 bits per heavy atom. The van der Waals surface area contributed by atoms with Crippen LogP contribution < -0.4 is 0 Å². The first-order chi connectivity index (χ1) is 10.5. The predicted octanol–water partition coefficient (Wildman–Crippen LogP) is 0.997. The van der Waals surface area contributed by atoms with E-state index in [9.17, 15) is 13.2 Å². The minimum absolute atomic E-state index is 0.00394. The lowest BCUT2D eigenvalue weighted by atomic mass is 9.96. The topological polar surface area (TPSA) is 70.6 Å². The summed E-state index contributed by atoms with van der Waals surface area (Å²) in [5, 5.41) is 0. The van der Waals surface area contributed by atoms with Crippen molar-refractivity contribution in [1.29, 1.82) is 0 Å². The van der Waals surface area contributed by atoms with Gasteiger partial charge in [-0.25, -0.2) is 8.42 Å². The van der Waals surface area contributed by atoms with Crippen LogP contribution in [0.2, 0.25) is 0 Å². The van der Waals surface area contributed by atoms with Crippen molar-refractivity contribution in [2.75, 3.05) is 12.3 Å². The largest absolute Gasteiger partial charge is 0.334 e. The van der Waals surface area contributed by atoms with Gasteiger partial charge in [-0.15, -0.1) is 0 Å². The first kappa shape index (κ1) is 15.4. The van der Waals surface area contributed by atoms with E-state index in [0.717, 1.165) is 12.0 Å². The van der Waals surface area contributed by atoms with Crippen molar-refractivity contribution in [2.24, 2.45) is 0 Å². The van der Waals surface area contributed by atoms with Crippen LogP contribution in [0.3, 0.4) is 0 Å². The second-order valence-corrected chi connectivity index (χ2v) is 8.06. The maximum Gasteiger partial charge on any atom is 0.223 e. The Balaban J connectivity index is 1.82. The minimum atomic E-state index is -3.20. The number of carbonyl (C=O) groups excluding carboxylic acids is 1. The summed E-state index contributed by atoms with van der Waals surface area (Å²) < 4.78 is 26.0. The molecule has 0 radical (unpaired) electrons. The second kappa shape index (κ2) is 5.96. The van der Waals surface area contributed by atoms with Gasteiger partial charge in [0.2, 0.25) is 15.9 Å². The van der Waals surface area contributed by atoms with Crippen LogP contribution in [0.4, 0.5) is 0 Å². The highest BCUT2D eigenvalue weighted by Crippen LogP contribution is 2.34. The average molecular weight is 323 g/mol.